The molecule has 2 heterocycles. The van der Waals surface area contributed by atoms with Crippen molar-refractivity contribution in [2.24, 2.45) is 5.92 Å². The van der Waals surface area contributed by atoms with E-state index in [-0.39, 0.29) is 23.8 Å². The first-order chi connectivity index (χ1) is 18.2. The number of carbonyl (C=O) groups excluding carboxylic acids is 2. The zero-order chi connectivity index (χ0) is 27.2. The lowest BCUT2D eigenvalue weighted by Crippen LogP contribution is -2.43. The standard InChI is InChI=1S/C29H37N5O3S/c1-19(2)27(30)38-28(31)20-8-10-24(11-9-20)37-25-17-21(29(36)32-23-12-15-33(3)16-13-23)6-7-22(25)18-34-14-4-5-26(34)35/h6-11,17,19,23,30-31H,4-5,12-16,18H2,1-3H3,(H,32,36). The molecule has 2 amide bonds. The predicted octanol–water partition coefficient (Wildman–Crippen LogP) is 5.12. The van der Waals surface area contributed by atoms with E-state index in [1.165, 1.54) is 0 Å². The van der Waals surface area contributed by atoms with Gasteiger partial charge >= 0.3 is 0 Å². The van der Waals surface area contributed by atoms with Gasteiger partial charge in [-0.3, -0.25) is 20.4 Å². The Labute approximate surface area is 229 Å². The first-order valence-corrected chi connectivity index (χ1v) is 14.0. The number of rotatable bonds is 8. The molecule has 2 fully saturated rings. The van der Waals surface area contributed by atoms with Crippen molar-refractivity contribution in [3.63, 3.8) is 0 Å². The Bertz CT molecular complexity index is 1190. The Morgan fingerprint density at radius 3 is 2.39 bits per heavy atom. The van der Waals surface area contributed by atoms with Gasteiger partial charge in [-0.25, -0.2) is 0 Å². The van der Waals surface area contributed by atoms with Gasteiger partial charge in [0.1, 0.15) is 16.5 Å². The number of benzene rings is 2. The van der Waals surface area contributed by atoms with E-state index in [0.29, 0.717) is 45.7 Å². The van der Waals surface area contributed by atoms with Gasteiger partial charge in [-0.15, -0.1) is 0 Å². The Balaban J connectivity index is 1.51. The molecule has 0 spiro atoms. The van der Waals surface area contributed by atoms with E-state index < -0.39 is 0 Å². The third-order valence-electron chi connectivity index (χ3n) is 7.00. The number of ether oxygens (including phenoxy) is 1. The topological polar surface area (TPSA) is 110 Å². The van der Waals surface area contributed by atoms with Crippen LogP contribution in [0, 0.1) is 16.7 Å². The Hall–Kier alpha value is -3.17. The highest BCUT2D eigenvalue weighted by atomic mass is 32.2. The molecule has 2 saturated heterocycles. The largest absolute Gasteiger partial charge is 0.457 e. The predicted molar refractivity (Wildman–Crippen MR) is 153 cm³/mol. The molecule has 3 N–H and O–H groups in total. The van der Waals surface area contributed by atoms with Gasteiger partial charge in [0.05, 0.1) is 5.04 Å². The molecular weight excluding hydrogens is 498 g/mol. The van der Waals surface area contributed by atoms with Crippen molar-refractivity contribution < 1.29 is 14.3 Å². The number of thioether (sulfide) groups is 1. The van der Waals surface area contributed by atoms with Crippen LogP contribution in [0.4, 0.5) is 0 Å². The molecule has 0 aliphatic carbocycles. The van der Waals surface area contributed by atoms with Crippen LogP contribution in [0.3, 0.4) is 0 Å². The highest BCUT2D eigenvalue weighted by Crippen LogP contribution is 2.30. The molecule has 0 saturated carbocycles. The minimum Gasteiger partial charge on any atom is -0.457 e. The fraction of sp³-hybridized carbons (Fsp3) is 0.448. The van der Waals surface area contributed by atoms with E-state index in [0.717, 1.165) is 56.2 Å². The molecule has 0 bridgehead atoms. The van der Waals surface area contributed by atoms with E-state index in [4.69, 9.17) is 15.6 Å². The number of hydrogen-bond donors (Lipinski definition) is 3. The lowest BCUT2D eigenvalue weighted by atomic mass is 10.0. The van der Waals surface area contributed by atoms with Crippen LogP contribution in [0.25, 0.3) is 0 Å². The molecule has 2 aromatic carbocycles. The quantitative estimate of drug-likeness (QED) is 0.321. The number of likely N-dealkylation sites (tertiary alicyclic amines) is 2. The molecular formula is C29H37N5O3S. The van der Waals surface area contributed by atoms with Gasteiger partial charge in [-0.2, -0.15) is 0 Å². The normalized spacial score (nSPS) is 16.6. The summed E-state index contributed by atoms with van der Waals surface area (Å²) < 4.78 is 6.26. The van der Waals surface area contributed by atoms with Crippen LogP contribution in [0.15, 0.2) is 42.5 Å². The monoisotopic (exact) mass is 535 g/mol. The molecule has 0 aromatic heterocycles. The highest BCUT2D eigenvalue weighted by Gasteiger charge is 2.23. The number of amides is 2. The van der Waals surface area contributed by atoms with Gasteiger partial charge in [0.15, 0.2) is 0 Å². The van der Waals surface area contributed by atoms with Gasteiger partial charge in [0.25, 0.3) is 5.91 Å². The van der Waals surface area contributed by atoms with E-state index in [2.05, 4.69) is 17.3 Å². The van der Waals surface area contributed by atoms with Gasteiger partial charge in [-0.05, 0) is 75.8 Å². The second-order valence-corrected chi connectivity index (χ2v) is 11.4. The minimum absolute atomic E-state index is 0.0767. The summed E-state index contributed by atoms with van der Waals surface area (Å²) in [5.74, 6) is 1.20. The van der Waals surface area contributed by atoms with Crippen LogP contribution in [-0.2, 0) is 11.3 Å². The van der Waals surface area contributed by atoms with Gasteiger partial charge in [0.2, 0.25) is 5.91 Å². The lowest BCUT2D eigenvalue weighted by molar-refractivity contribution is -0.128. The van der Waals surface area contributed by atoms with E-state index in [9.17, 15) is 9.59 Å². The van der Waals surface area contributed by atoms with Crippen LogP contribution in [0.5, 0.6) is 11.5 Å². The summed E-state index contributed by atoms with van der Waals surface area (Å²) in [7, 11) is 2.09. The third kappa shape index (κ3) is 7.23. The average molecular weight is 536 g/mol. The van der Waals surface area contributed by atoms with Crippen LogP contribution >= 0.6 is 11.8 Å². The molecule has 2 aromatic rings. The maximum absolute atomic E-state index is 13.1. The van der Waals surface area contributed by atoms with E-state index in [1.807, 2.05) is 24.8 Å². The zero-order valence-corrected chi connectivity index (χ0v) is 23.2. The molecule has 9 heteroatoms. The molecule has 2 aliphatic rings. The first-order valence-electron chi connectivity index (χ1n) is 13.2. The summed E-state index contributed by atoms with van der Waals surface area (Å²) in [6, 6.07) is 12.8. The first kappa shape index (κ1) is 27.9. The van der Waals surface area contributed by atoms with Crippen molar-refractivity contribution in [1.29, 1.82) is 10.8 Å². The van der Waals surface area contributed by atoms with Crippen molar-refractivity contribution in [1.82, 2.24) is 15.1 Å². The van der Waals surface area contributed by atoms with Gasteiger partial charge < -0.3 is 19.9 Å². The van der Waals surface area contributed by atoms with Crippen LogP contribution < -0.4 is 10.1 Å². The molecule has 2 aliphatic heterocycles. The molecule has 0 radical (unpaired) electrons. The van der Waals surface area contributed by atoms with Crippen molar-refractivity contribution in [2.45, 2.75) is 52.1 Å². The molecule has 0 unspecified atom stereocenters. The second kappa shape index (κ2) is 12.6. The summed E-state index contributed by atoms with van der Waals surface area (Å²) in [5, 5.41) is 20.3. The van der Waals surface area contributed by atoms with Crippen molar-refractivity contribution >= 4 is 33.7 Å². The van der Waals surface area contributed by atoms with Crippen LogP contribution in [0.2, 0.25) is 0 Å². The molecule has 4 rings (SSSR count). The third-order valence-corrected chi connectivity index (χ3v) is 8.13. The summed E-state index contributed by atoms with van der Waals surface area (Å²) in [4.78, 5) is 29.4. The van der Waals surface area contributed by atoms with Crippen LogP contribution in [-0.4, -0.2) is 64.4 Å². The highest BCUT2D eigenvalue weighted by molar-refractivity contribution is 8.26. The van der Waals surface area contributed by atoms with Gasteiger partial charge in [0, 0.05) is 48.2 Å². The smallest absolute Gasteiger partial charge is 0.251 e. The number of nitrogens with zero attached hydrogens (tertiary/aromatic N) is 2. The zero-order valence-electron chi connectivity index (χ0n) is 22.4. The summed E-state index contributed by atoms with van der Waals surface area (Å²) in [5.41, 5.74) is 2.08. The number of carbonyl (C=O) groups is 2. The number of piperidine rings is 1. The maximum Gasteiger partial charge on any atom is 0.251 e. The summed E-state index contributed by atoms with van der Waals surface area (Å²) >= 11 is 1.15. The minimum atomic E-state index is -0.123. The second-order valence-electron chi connectivity index (χ2n) is 10.4. The summed E-state index contributed by atoms with van der Waals surface area (Å²) in [6.45, 7) is 6.96. The molecule has 8 nitrogen and oxygen atoms in total. The SMILES string of the molecule is CC(C)C(=N)SC(=N)c1ccc(Oc2cc(C(=O)NC3CCN(C)CC3)ccc2CN2CCCC2=O)cc1. The molecule has 202 valence electrons. The van der Waals surface area contributed by atoms with Crippen LogP contribution in [0.1, 0.15) is 61.0 Å². The van der Waals surface area contributed by atoms with Crippen molar-refractivity contribution in [2.75, 3.05) is 26.7 Å². The number of hydrogen-bond acceptors (Lipinski definition) is 7. The van der Waals surface area contributed by atoms with Crippen molar-refractivity contribution in [3.05, 3.63) is 59.2 Å². The Morgan fingerprint density at radius 2 is 1.76 bits per heavy atom. The molecule has 0 atom stereocenters. The summed E-state index contributed by atoms with van der Waals surface area (Å²) in [6.07, 6.45) is 3.27. The Morgan fingerprint density at radius 1 is 1.08 bits per heavy atom. The molecule has 38 heavy (non-hydrogen) atoms. The fourth-order valence-electron chi connectivity index (χ4n) is 4.51. The Kier molecular flexibility index (Phi) is 9.22. The fourth-order valence-corrected chi connectivity index (χ4v) is 5.22. The maximum atomic E-state index is 13.1. The van der Waals surface area contributed by atoms with Gasteiger partial charge in [-0.1, -0.05) is 31.7 Å². The van der Waals surface area contributed by atoms with Crippen molar-refractivity contribution in [3.8, 4) is 11.5 Å². The van der Waals surface area contributed by atoms with E-state index in [1.54, 1.807) is 36.4 Å². The lowest BCUT2D eigenvalue weighted by Gasteiger charge is -2.29. The van der Waals surface area contributed by atoms with E-state index >= 15 is 0 Å². The number of nitrogens with one attached hydrogen (secondary N) is 3. The average Bonchev–Trinajstić information content (AvgIpc) is 3.30.